The van der Waals surface area contributed by atoms with Gasteiger partial charge in [-0.15, -0.1) is 0 Å². The van der Waals surface area contributed by atoms with Gasteiger partial charge in [0.1, 0.15) is 17.0 Å². The van der Waals surface area contributed by atoms with Gasteiger partial charge in [-0.1, -0.05) is 12.2 Å². The normalized spacial score (nSPS) is 10.3. The van der Waals surface area contributed by atoms with E-state index in [1.807, 2.05) is 0 Å². The van der Waals surface area contributed by atoms with Crippen molar-refractivity contribution in [2.75, 3.05) is 0 Å². The second-order valence-electron chi connectivity index (χ2n) is 2.35. The SMILES string of the molecule is NC(=S)c1c[nH]c2ncncc12. The van der Waals surface area contributed by atoms with Crippen LogP contribution in [0, 0.1) is 0 Å². The van der Waals surface area contributed by atoms with Gasteiger partial charge in [-0.2, -0.15) is 0 Å². The Hall–Kier alpha value is -1.49. The second kappa shape index (κ2) is 2.53. The molecule has 0 aliphatic heterocycles. The summed E-state index contributed by atoms with van der Waals surface area (Å²) in [5, 5.41) is 0.866. The van der Waals surface area contributed by atoms with Gasteiger partial charge in [0.2, 0.25) is 0 Å². The third-order valence-electron chi connectivity index (χ3n) is 1.62. The Balaban J connectivity index is 2.79. The van der Waals surface area contributed by atoms with E-state index in [9.17, 15) is 0 Å². The molecule has 0 radical (unpaired) electrons. The van der Waals surface area contributed by atoms with E-state index >= 15 is 0 Å². The first kappa shape index (κ1) is 7.17. The fourth-order valence-electron chi connectivity index (χ4n) is 1.06. The van der Waals surface area contributed by atoms with Crippen LogP contribution in [-0.2, 0) is 0 Å². The van der Waals surface area contributed by atoms with E-state index in [2.05, 4.69) is 15.0 Å². The lowest BCUT2D eigenvalue weighted by Gasteiger charge is -1.91. The number of aromatic amines is 1. The first-order chi connectivity index (χ1) is 5.79. The molecule has 2 rings (SSSR count). The summed E-state index contributed by atoms with van der Waals surface area (Å²) in [5.74, 6) is 0. The molecule has 3 N–H and O–H groups in total. The maximum Gasteiger partial charge on any atom is 0.141 e. The van der Waals surface area contributed by atoms with Crippen molar-refractivity contribution in [1.29, 1.82) is 0 Å². The van der Waals surface area contributed by atoms with Crippen LogP contribution in [0.3, 0.4) is 0 Å². The van der Waals surface area contributed by atoms with Gasteiger partial charge < -0.3 is 10.7 Å². The summed E-state index contributed by atoms with van der Waals surface area (Å²) < 4.78 is 0. The van der Waals surface area contributed by atoms with Crippen LogP contribution in [0.5, 0.6) is 0 Å². The van der Waals surface area contributed by atoms with E-state index in [-0.39, 0.29) is 0 Å². The molecule has 0 unspecified atom stereocenters. The maximum absolute atomic E-state index is 5.48. The van der Waals surface area contributed by atoms with E-state index in [1.54, 1.807) is 12.4 Å². The lowest BCUT2D eigenvalue weighted by Crippen LogP contribution is -2.08. The van der Waals surface area contributed by atoms with Gasteiger partial charge in [-0.3, -0.25) is 0 Å². The Morgan fingerprint density at radius 1 is 1.58 bits per heavy atom. The summed E-state index contributed by atoms with van der Waals surface area (Å²) in [7, 11) is 0. The molecule has 0 aliphatic carbocycles. The van der Waals surface area contributed by atoms with Crippen LogP contribution in [0.15, 0.2) is 18.7 Å². The molecule has 0 aliphatic rings. The molecule has 0 atom stereocenters. The molecule has 0 bridgehead atoms. The zero-order valence-corrected chi connectivity index (χ0v) is 6.93. The minimum atomic E-state index is 0.357. The van der Waals surface area contributed by atoms with E-state index in [0.29, 0.717) is 4.99 Å². The summed E-state index contributed by atoms with van der Waals surface area (Å²) in [6.07, 6.45) is 4.90. The topological polar surface area (TPSA) is 67.6 Å². The van der Waals surface area contributed by atoms with Crippen molar-refractivity contribution in [1.82, 2.24) is 15.0 Å². The molecule has 2 aromatic rings. The average Bonchev–Trinajstić information content (AvgIpc) is 2.47. The smallest absolute Gasteiger partial charge is 0.141 e. The van der Waals surface area contributed by atoms with Crippen LogP contribution >= 0.6 is 12.2 Å². The Bertz CT molecular complexity index is 434. The van der Waals surface area contributed by atoms with Crippen LogP contribution in [0.4, 0.5) is 0 Å². The van der Waals surface area contributed by atoms with Crippen LogP contribution in [0.1, 0.15) is 5.56 Å². The number of fused-ring (bicyclic) bond motifs is 1. The Morgan fingerprint density at radius 2 is 2.42 bits per heavy atom. The first-order valence-corrected chi connectivity index (χ1v) is 3.77. The number of hydrogen-bond donors (Lipinski definition) is 2. The highest BCUT2D eigenvalue weighted by Gasteiger charge is 2.05. The molecule has 0 aromatic carbocycles. The number of thiocarbonyl (C=S) groups is 1. The molecule has 0 saturated heterocycles. The van der Waals surface area contributed by atoms with Gasteiger partial charge in [0, 0.05) is 23.3 Å². The van der Waals surface area contributed by atoms with Crippen molar-refractivity contribution in [3.63, 3.8) is 0 Å². The fraction of sp³-hybridized carbons (Fsp3) is 0. The number of H-pyrrole nitrogens is 1. The minimum absolute atomic E-state index is 0.357. The third-order valence-corrected chi connectivity index (χ3v) is 1.84. The van der Waals surface area contributed by atoms with Gasteiger partial charge in [-0.25, -0.2) is 9.97 Å². The number of nitrogens with one attached hydrogen (secondary N) is 1. The Kier molecular flexibility index (Phi) is 1.51. The number of nitrogens with zero attached hydrogens (tertiary/aromatic N) is 2. The molecule has 0 fully saturated rings. The van der Waals surface area contributed by atoms with Gasteiger partial charge in [0.05, 0.1) is 0 Å². The van der Waals surface area contributed by atoms with Gasteiger partial charge in [0.15, 0.2) is 0 Å². The number of aromatic nitrogens is 3. The zero-order valence-electron chi connectivity index (χ0n) is 6.11. The van der Waals surface area contributed by atoms with Crippen LogP contribution in [-0.4, -0.2) is 19.9 Å². The molecule has 12 heavy (non-hydrogen) atoms. The van der Waals surface area contributed by atoms with Crippen LogP contribution in [0.25, 0.3) is 11.0 Å². The standard InChI is InChI=1S/C7H6N4S/c8-6(12)4-2-10-7-5(4)1-9-3-11-7/h1-3H,(H2,8,12)(H,9,10,11). The predicted molar refractivity (Wildman–Crippen MR) is 49.8 cm³/mol. The van der Waals surface area contributed by atoms with Gasteiger partial charge in [0.25, 0.3) is 0 Å². The molecule has 0 saturated carbocycles. The maximum atomic E-state index is 5.48. The van der Waals surface area contributed by atoms with Crippen molar-refractivity contribution in [3.05, 3.63) is 24.3 Å². The van der Waals surface area contributed by atoms with Gasteiger partial charge >= 0.3 is 0 Å². The molecular weight excluding hydrogens is 172 g/mol. The summed E-state index contributed by atoms with van der Waals surface area (Å²) in [6, 6.07) is 0. The van der Waals surface area contributed by atoms with E-state index in [4.69, 9.17) is 18.0 Å². The molecular formula is C7H6N4S. The number of nitrogens with two attached hydrogens (primary N) is 1. The van der Waals surface area contributed by atoms with Crippen LogP contribution < -0.4 is 5.73 Å². The fourth-order valence-corrected chi connectivity index (χ4v) is 1.23. The van der Waals surface area contributed by atoms with Crippen LogP contribution in [0.2, 0.25) is 0 Å². The number of hydrogen-bond acceptors (Lipinski definition) is 3. The summed E-state index contributed by atoms with van der Waals surface area (Å²) >= 11 is 4.85. The Labute approximate surface area is 73.8 Å². The third kappa shape index (κ3) is 0.947. The van der Waals surface area contributed by atoms with Crippen molar-refractivity contribution in [3.8, 4) is 0 Å². The summed E-state index contributed by atoms with van der Waals surface area (Å²) in [6.45, 7) is 0. The zero-order chi connectivity index (χ0) is 8.55. The highest BCUT2D eigenvalue weighted by atomic mass is 32.1. The average molecular weight is 178 g/mol. The second-order valence-corrected chi connectivity index (χ2v) is 2.79. The number of rotatable bonds is 1. The van der Waals surface area contributed by atoms with Crippen molar-refractivity contribution < 1.29 is 0 Å². The van der Waals surface area contributed by atoms with E-state index < -0.39 is 0 Å². The Morgan fingerprint density at radius 3 is 3.17 bits per heavy atom. The predicted octanol–water partition coefficient (Wildman–Crippen LogP) is 0.592. The van der Waals surface area contributed by atoms with Gasteiger partial charge in [-0.05, 0) is 0 Å². The molecule has 2 heterocycles. The lowest BCUT2D eigenvalue weighted by molar-refractivity contribution is 1.20. The summed E-state index contributed by atoms with van der Waals surface area (Å²) in [4.78, 5) is 11.2. The molecule has 60 valence electrons. The molecule has 2 aromatic heterocycles. The highest BCUT2D eigenvalue weighted by Crippen LogP contribution is 2.13. The first-order valence-electron chi connectivity index (χ1n) is 3.36. The van der Waals surface area contributed by atoms with E-state index in [1.165, 1.54) is 6.33 Å². The quantitative estimate of drug-likeness (QED) is 0.627. The summed E-state index contributed by atoms with van der Waals surface area (Å²) in [5.41, 5.74) is 7.03. The van der Waals surface area contributed by atoms with Crippen molar-refractivity contribution in [2.24, 2.45) is 5.73 Å². The highest BCUT2D eigenvalue weighted by molar-refractivity contribution is 7.80. The molecule has 4 nitrogen and oxygen atoms in total. The minimum Gasteiger partial charge on any atom is -0.389 e. The lowest BCUT2D eigenvalue weighted by atomic mass is 10.2. The largest absolute Gasteiger partial charge is 0.389 e. The van der Waals surface area contributed by atoms with Crippen molar-refractivity contribution >= 4 is 28.2 Å². The molecule has 5 heteroatoms. The van der Waals surface area contributed by atoms with Crippen molar-refractivity contribution in [2.45, 2.75) is 0 Å². The monoisotopic (exact) mass is 178 g/mol. The van der Waals surface area contributed by atoms with E-state index in [0.717, 1.165) is 16.6 Å². The molecule has 0 spiro atoms. The molecule has 0 amide bonds.